The van der Waals surface area contributed by atoms with Crippen LogP contribution in [0.25, 0.3) is 0 Å². The number of nitrogens with zero attached hydrogens (tertiary/aromatic N) is 3. The van der Waals surface area contributed by atoms with Gasteiger partial charge < -0.3 is 16.0 Å². The average molecular weight is 266 g/mol. The zero-order valence-corrected chi connectivity index (χ0v) is 10.8. The summed E-state index contributed by atoms with van der Waals surface area (Å²) in [5, 5.41) is 16.2. The first kappa shape index (κ1) is 13.5. The van der Waals surface area contributed by atoms with Crippen LogP contribution in [0.15, 0.2) is 6.20 Å². The Kier molecular flexibility index (Phi) is 4.45. The number of rotatable bonds is 4. The van der Waals surface area contributed by atoms with Gasteiger partial charge in [-0.25, -0.2) is 4.68 Å². The minimum atomic E-state index is -0.218. The number of hydrogen-bond donors (Lipinski definition) is 3. The molecule has 2 rings (SSSR count). The molecule has 0 aliphatic carbocycles. The predicted molar refractivity (Wildman–Crippen MR) is 68.4 cm³/mol. The van der Waals surface area contributed by atoms with E-state index in [9.17, 15) is 9.59 Å². The van der Waals surface area contributed by atoms with Gasteiger partial charge in [-0.2, -0.15) is 0 Å². The first-order chi connectivity index (χ1) is 9.13. The Morgan fingerprint density at radius 3 is 3.11 bits per heavy atom. The fourth-order valence-corrected chi connectivity index (χ4v) is 2.01. The zero-order valence-electron chi connectivity index (χ0n) is 10.8. The van der Waals surface area contributed by atoms with Crippen LogP contribution in [0.2, 0.25) is 0 Å². The van der Waals surface area contributed by atoms with Crippen molar-refractivity contribution >= 4 is 17.6 Å². The highest BCUT2D eigenvalue weighted by molar-refractivity contribution is 5.87. The van der Waals surface area contributed by atoms with Crippen LogP contribution >= 0.6 is 0 Å². The van der Waals surface area contributed by atoms with Crippen molar-refractivity contribution in [3.05, 3.63) is 6.20 Å². The molecule has 0 bridgehead atoms. The van der Waals surface area contributed by atoms with E-state index in [4.69, 9.17) is 0 Å². The molecular formula is C11H18N6O2. The minimum absolute atomic E-state index is 0.100. The standard InChI is InChI=1S/C11H18N6O2/c1-8(18)13-10-6-17(16-15-10)7-11(19)14-9-3-2-4-12-5-9/h6,9,12H,2-5,7H2,1H3,(H,13,18)(H,14,19). The fraction of sp³-hybridized carbons (Fsp3) is 0.636. The molecule has 3 N–H and O–H groups in total. The number of carbonyl (C=O) groups excluding carboxylic acids is 2. The summed E-state index contributed by atoms with van der Waals surface area (Å²) >= 11 is 0. The Hall–Kier alpha value is -1.96. The quantitative estimate of drug-likeness (QED) is 0.656. The third-order valence-electron chi connectivity index (χ3n) is 2.81. The molecule has 1 aliphatic rings. The monoisotopic (exact) mass is 266 g/mol. The van der Waals surface area contributed by atoms with Crippen molar-refractivity contribution in [3.63, 3.8) is 0 Å². The lowest BCUT2D eigenvalue weighted by molar-refractivity contribution is -0.122. The maximum atomic E-state index is 11.8. The molecule has 8 heteroatoms. The van der Waals surface area contributed by atoms with Crippen molar-refractivity contribution in [1.82, 2.24) is 25.6 Å². The highest BCUT2D eigenvalue weighted by Gasteiger charge is 2.15. The lowest BCUT2D eigenvalue weighted by atomic mass is 10.1. The Balaban J connectivity index is 1.81. The molecule has 0 radical (unpaired) electrons. The number of amides is 2. The van der Waals surface area contributed by atoms with Crippen LogP contribution in [0.4, 0.5) is 5.82 Å². The van der Waals surface area contributed by atoms with Crippen molar-refractivity contribution in [2.24, 2.45) is 0 Å². The molecule has 1 aliphatic heterocycles. The normalized spacial score (nSPS) is 18.9. The largest absolute Gasteiger partial charge is 0.350 e. The van der Waals surface area contributed by atoms with E-state index in [0.29, 0.717) is 5.82 Å². The maximum absolute atomic E-state index is 11.8. The van der Waals surface area contributed by atoms with E-state index in [2.05, 4.69) is 26.3 Å². The number of nitrogens with one attached hydrogen (secondary N) is 3. The van der Waals surface area contributed by atoms with Crippen LogP contribution in [0.5, 0.6) is 0 Å². The first-order valence-electron chi connectivity index (χ1n) is 6.31. The summed E-state index contributed by atoms with van der Waals surface area (Å²) in [6, 6.07) is 0.180. The molecule has 1 aromatic heterocycles. The molecule has 1 unspecified atom stereocenters. The summed E-state index contributed by atoms with van der Waals surface area (Å²) in [7, 11) is 0. The molecule has 0 saturated carbocycles. The summed E-state index contributed by atoms with van der Waals surface area (Å²) in [5.41, 5.74) is 0. The topological polar surface area (TPSA) is 101 Å². The molecule has 19 heavy (non-hydrogen) atoms. The van der Waals surface area contributed by atoms with Gasteiger partial charge in [-0.05, 0) is 19.4 Å². The van der Waals surface area contributed by atoms with Gasteiger partial charge >= 0.3 is 0 Å². The Morgan fingerprint density at radius 1 is 1.58 bits per heavy atom. The van der Waals surface area contributed by atoms with Gasteiger partial charge in [0.25, 0.3) is 0 Å². The van der Waals surface area contributed by atoms with Gasteiger partial charge in [0, 0.05) is 19.5 Å². The van der Waals surface area contributed by atoms with E-state index in [0.717, 1.165) is 25.9 Å². The summed E-state index contributed by atoms with van der Waals surface area (Å²) in [5.74, 6) is 0.0254. The van der Waals surface area contributed by atoms with Crippen LogP contribution < -0.4 is 16.0 Å². The van der Waals surface area contributed by atoms with E-state index in [-0.39, 0.29) is 24.4 Å². The number of anilines is 1. The second kappa shape index (κ2) is 6.28. The summed E-state index contributed by atoms with van der Waals surface area (Å²) < 4.78 is 1.40. The Bertz CT molecular complexity index is 452. The van der Waals surface area contributed by atoms with Crippen molar-refractivity contribution < 1.29 is 9.59 Å². The molecule has 1 saturated heterocycles. The van der Waals surface area contributed by atoms with Crippen molar-refractivity contribution in [2.45, 2.75) is 32.4 Å². The Morgan fingerprint density at radius 2 is 2.42 bits per heavy atom. The van der Waals surface area contributed by atoms with Crippen LogP contribution in [0.1, 0.15) is 19.8 Å². The molecular weight excluding hydrogens is 248 g/mol. The van der Waals surface area contributed by atoms with E-state index in [1.165, 1.54) is 17.8 Å². The van der Waals surface area contributed by atoms with E-state index in [1.54, 1.807) is 0 Å². The van der Waals surface area contributed by atoms with Gasteiger partial charge in [0.05, 0.1) is 6.20 Å². The Labute approximate surface area is 110 Å². The second-order valence-electron chi connectivity index (χ2n) is 4.59. The van der Waals surface area contributed by atoms with Gasteiger partial charge in [-0.15, -0.1) is 5.10 Å². The molecule has 104 valence electrons. The number of aromatic nitrogens is 3. The third-order valence-corrected chi connectivity index (χ3v) is 2.81. The van der Waals surface area contributed by atoms with E-state index >= 15 is 0 Å². The fourth-order valence-electron chi connectivity index (χ4n) is 2.01. The molecule has 2 amide bonds. The molecule has 1 atom stereocenters. The van der Waals surface area contributed by atoms with Crippen molar-refractivity contribution in [1.29, 1.82) is 0 Å². The van der Waals surface area contributed by atoms with Crippen LogP contribution in [0.3, 0.4) is 0 Å². The second-order valence-corrected chi connectivity index (χ2v) is 4.59. The smallest absolute Gasteiger partial charge is 0.242 e. The van der Waals surface area contributed by atoms with E-state index in [1.807, 2.05) is 0 Å². The summed E-state index contributed by atoms with van der Waals surface area (Å²) in [6.45, 7) is 3.31. The average Bonchev–Trinajstić information content (AvgIpc) is 2.76. The maximum Gasteiger partial charge on any atom is 0.242 e. The molecule has 2 heterocycles. The highest BCUT2D eigenvalue weighted by atomic mass is 16.2. The van der Waals surface area contributed by atoms with Crippen molar-refractivity contribution in [2.75, 3.05) is 18.4 Å². The predicted octanol–water partition coefficient (Wildman–Crippen LogP) is -0.895. The van der Waals surface area contributed by atoms with Crippen LogP contribution in [-0.2, 0) is 16.1 Å². The van der Waals surface area contributed by atoms with Crippen molar-refractivity contribution in [3.8, 4) is 0 Å². The molecule has 8 nitrogen and oxygen atoms in total. The SMILES string of the molecule is CC(=O)Nc1cn(CC(=O)NC2CCCNC2)nn1. The molecule has 1 fully saturated rings. The van der Waals surface area contributed by atoms with E-state index < -0.39 is 0 Å². The number of carbonyl (C=O) groups is 2. The molecule has 0 aromatic carbocycles. The van der Waals surface area contributed by atoms with Crippen LogP contribution in [0, 0.1) is 0 Å². The van der Waals surface area contributed by atoms with Crippen LogP contribution in [-0.4, -0.2) is 45.9 Å². The summed E-state index contributed by atoms with van der Waals surface area (Å²) in [4.78, 5) is 22.6. The van der Waals surface area contributed by atoms with Gasteiger partial charge in [0.2, 0.25) is 11.8 Å². The van der Waals surface area contributed by atoms with Gasteiger partial charge in [0.15, 0.2) is 5.82 Å². The minimum Gasteiger partial charge on any atom is -0.350 e. The lowest BCUT2D eigenvalue weighted by Gasteiger charge is -2.23. The van der Waals surface area contributed by atoms with Gasteiger partial charge in [-0.1, -0.05) is 5.21 Å². The van der Waals surface area contributed by atoms with Gasteiger partial charge in [0.1, 0.15) is 6.54 Å². The lowest BCUT2D eigenvalue weighted by Crippen LogP contribution is -2.46. The first-order valence-corrected chi connectivity index (χ1v) is 6.31. The molecule has 1 aromatic rings. The summed E-state index contributed by atoms with van der Waals surface area (Å²) in [6.07, 6.45) is 3.59. The number of piperidine rings is 1. The number of hydrogen-bond acceptors (Lipinski definition) is 5. The highest BCUT2D eigenvalue weighted by Crippen LogP contribution is 2.02. The molecule has 0 spiro atoms. The third kappa shape index (κ3) is 4.32. The zero-order chi connectivity index (χ0) is 13.7. The van der Waals surface area contributed by atoms with Gasteiger partial charge in [-0.3, -0.25) is 9.59 Å².